The summed E-state index contributed by atoms with van der Waals surface area (Å²) in [6.07, 6.45) is 12.0. The molecule has 3 aliphatic rings. The van der Waals surface area contributed by atoms with Gasteiger partial charge in [-0.05, 0) is 43.7 Å². The fourth-order valence-electron chi connectivity index (χ4n) is 4.90. The van der Waals surface area contributed by atoms with Gasteiger partial charge in [0.1, 0.15) is 6.61 Å². The molecule has 0 radical (unpaired) electrons. The van der Waals surface area contributed by atoms with E-state index in [1.807, 2.05) is 12.1 Å². The molecule has 0 unspecified atom stereocenters. The molecule has 0 fully saturated rings. The van der Waals surface area contributed by atoms with E-state index >= 15 is 0 Å². The first kappa shape index (κ1) is 21.0. The summed E-state index contributed by atoms with van der Waals surface area (Å²) >= 11 is 0. The molecule has 2 aliphatic carbocycles. The Morgan fingerprint density at radius 1 is 1.13 bits per heavy atom. The van der Waals surface area contributed by atoms with E-state index in [2.05, 4.69) is 17.8 Å². The lowest BCUT2D eigenvalue weighted by atomic mass is 9.71. The minimum Gasteiger partial charge on any atom is -0.493 e. The average molecular weight is 418 g/mol. The highest BCUT2D eigenvalue weighted by Gasteiger charge is 2.40. The summed E-state index contributed by atoms with van der Waals surface area (Å²) in [6.45, 7) is 3.98. The fraction of sp³-hybridized carbons (Fsp3) is 0.385. The van der Waals surface area contributed by atoms with Gasteiger partial charge in [-0.2, -0.15) is 0 Å². The highest BCUT2D eigenvalue weighted by molar-refractivity contribution is 6.06. The van der Waals surface area contributed by atoms with Gasteiger partial charge in [-0.15, -0.1) is 13.0 Å². The number of allylic oxidation sites excluding steroid dienone is 5. The van der Waals surface area contributed by atoms with Crippen LogP contribution in [-0.2, 0) is 16.0 Å². The van der Waals surface area contributed by atoms with E-state index in [-0.39, 0.29) is 24.1 Å². The monoisotopic (exact) mass is 417 g/mol. The zero-order chi connectivity index (χ0) is 22.0. The van der Waals surface area contributed by atoms with E-state index in [9.17, 15) is 9.59 Å². The number of nitrogens with one attached hydrogen (secondary N) is 1. The van der Waals surface area contributed by atoms with E-state index in [4.69, 9.17) is 15.9 Å². The lowest BCUT2D eigenvalue weighted by molar-refractivity contribution is -0.116. The molecule has 31 heavy (non-hydrogen) atoms. The Morgan fingerprint density at radius 2 is 1.77 bits per heavy atom. The number of carbonyl (C=O) groups is 2. The van der Waals surface area contributed by atoms with Crippen LogP contribution in [0.3, 0.4) is 0 Å². The second-order valence-corrected chi connectivity index (χ2v) is 8.09. The van der Waals surface area contributed by atoms with Gasteiger partial charge in [0.2, 0.25) is 0 Å². The number of rotatable bonds is 6. The lowest BCUT2D eigenvalue weighted by Crippen LogP contribution is -2.36. The number of hydrogen-bond donors (Lipinski definition) is 1. The first-order valence-corrected chi connectivity index (χ1v) is 10.8. The summed E-state index contributed by atoms with van der Waals surface area (Å²) in [6, 6.07) is 3.89. The number of Topliss-reactive ketones (excluding diaryl/α,β-unsaturated/α-hetero) is 2. The van der Waals surface area contributed by atoms with Crippen LogP contribution < -0.4 is 14.8 Å². The van der Waals surface area contributed by atoms with Crippen molar-refractivity contribution in [2.45, 2.75) is 50.9 Å². The van der Waals surface area contributed by atoms with E-state index in [0.717, 1.165) is 59.4 Å². The van der Waals surface area contributed by atoms with Crippen LogP contribution in [0.5, 0.6) is 11.5 Å². The number of ketones is 2. The highest BCUT2D eigenvalue weighted by atomic mass is 16.5. The maximum Gasteiger partial charge on any atom is 0.166 e. The summed E-state index contributed by atoms with van der Waals surface area (Å²) in [5, 5.41) is 3.45. The summed E-state index contributed by atoms with van der Waals surface area (Å²) in [5.41, 5.74) is 5.12. The third-order valence-electron chi connectivity index (χ3n) is 6.16. The quantitative estimate of drug-likeness (QED) is 0.557. The molecule has 0 saturated heterocycles. The molecular weight excluding hydrogens is 390 g/mol. The molecule has 1 aromatic rings. The molecule has 1 heterocycles. The number of terminal acetylenes is 1. The molecule has 4 rings (SSSR count). The van der Waals surface area contributed by atoms with Gasteiger partial charge in [0, 0.05) is 46.9 Å². The number of methoxy groups -OCH3 is 1. The molecule has 0 amide bonds. The third kappa shape index (κ3) is 3.79. The number of ether oxygens (including phenoxy) is 2. The van der Waals surface area contributed by atoms with Crippen molar-refractivity contribution < 1.29 is 19.1 Å². The van der Waals surface area contributed by atoms with Crippen LogP contribution in [0, 0.1) is 12.3 Å². The van der Waals surface area contributed by atoms with Crippen LogP contribution in [0.25, 0.3) is 0 Å². The minimum absolute atomic E-state index is 0.112. The molecule has 1 aromatic carbocycles. The molecule has 5 heteroatoms. The summed E-state index contributed by atoms with van der Waals surface area (Å²) in [5.74, 6) is 3.44. The van der Waals surface area contributed by atoms with Crippen LogP contribution in [0.4, 0.5) is 0 Å². The van der Waals surface area contributed by atoms with E-state index in [1.165, 1.54) is 0 Å². The molecule has 1 N–H and O–H groups in total. The number of carbonyl (C=O) groups excluding carboxylic acids is 2. The van der Waals surface area contributed by atoms with Gasteiger partial charge in [-0.3, -0.25) is 9.59 Å². The number of benzene rings is 1. The third-order valence-corrected chi connectivity index (χ3v) is 6.16. The first-order valence-electron chi connectivity index (χ1n) is 10.8. The average Bonchev–Trinajstić information content (AvgIpc) is 2.77. The molecule has 1 aliphatic heterocycles. The van der Waals surface area contributed by atoms with E-state index in [1.54, 1.807) is 13.2 Å². The van der Waals surface area contributed by atoms with Crippen LogP contribution >= 0.6 is 0 Å². The molecule has 0 aromatic heterocycles. The van der Waals surface area contributed by atoms with E-state index < -0.39 is 0 Å². The lowest BCUT2D eigenvalue weighted by Gasteiger charge is -2.37. The predicted molar refractivity (Wildman–Crippen MR) is 119 cm³/mol. The number of dihydropyridines is 1. The van der Waals surface area contributed by atoms with Crippen molar-refractivity contribution in [3.05, 3.63) is 58.5 Å². The molecule has 0 atom stereocenters. The van der Waals surface area contributed by atoms with Crippen molar-refractivity contribution in [2.24, 2.45) is 0 Å². The Balaban J connectivity index is 1.92. The second kappa shape index (κ2) is 8.85. The number of hydrogen-bond acceptors (Lipinski definition) is 5. The maximum absolute atomic E-state index is 13.0. The molecule has 0 saturated carbocycles. The van der Waals surface area contributed by atoms with Gasteiger partial charge < -0.3 is 14.8 Å². The minimum atomic E-state index is -0.383. The van der Waals surface area contributed by atoms with Gasteiger partial charge >= 0.3 is 0 Å². The second-order valence-electron chi connectivity index (χ2n) is 8.09. The van der Waals surface area contributed by atoms with Gasteiger partial charge in [0.25, 0.3) is 0 Å². The molecular formula is C26H27NO4. The summed E-state index contributed by atoms with van der Waals surface area (Å²) < 4.78 is 11.4. The van der Waals surface area contributed by atoms with Crippen LogP contribution in [0.15, 0.2) is 47.3 Å². The highest BCUT2D eigenvalue weighted by Crippen LogP contribution is 2.47. The molecule has 0 bridgehead atoms. The van der Waals surface area contributed by atoms with Crippen LogP contribution in [-0.4, -0.2) is 25.3 Å². The topological polar surface area (TPSA) is 64.6 Å². The van der Waals surface area contributed by atoms with Crippen molar-refractivity contribution in [1.82, 2.24) is 5.32 Å². The smallest absolute Gasteiger partial charge is 0.166 e. The SMILES string of the molecule is C#CCOc1c(CC=C)cc(C2C3=C(CCCC3=O)NC3=C2C(=O)CCC3)cc1OC. The Hall–Kier alpha value is -3.26. The zero-order valence-corrected chi connectivity index (χ0v) is 17.9. The molecule has 0 spiro atoms. The Morgan fingerprint density at radius 3 is 2.32 bits per heavy atom. The zero-order valence-electron chi connectivity index (χ0n) is 17.9. The normalized spacial score (nSPS) is 18.7. The first-order chi connectivity index (χ1) is 15.1. The molecule has 160 valence electrons. The summed E-state index contributed by atoms with van der Waals surface area (Å²) in [7, 11) is 1.58. The van der Waals surface area contributed by atoms with E-state index in [0.29, 0.717) is 30.8 Å². The van der Waals surface area contributed by atoms with Crippen molar-refractivity contribution >= 4 is 11.6 Å². The standard InChI is InChI=1S/C26H27NO4/c1-4-8-16-14-17(15-22(30-3)26(16)31-13-5-2)23-24-18(9-6-11-20(24)28)27-19-10-7-12-21(29)25(19)23/h2,4,14-15,23,27H,1,6-13H2,3H3. The Kier molecular flexibility index (Phi) is 5.99. The van der Waals surface area contributed by atoms with Gasteiger partial charge in [0.15, 0.2) is 23.1 Å². The largest absolute Gasteiger partial charge is 0.493 e. The predicted octanol–water partition coefficient (Wildman–Crippen LogP) is 4.14. The van der Waals surface area contributed by atoms with Crippen LogP contribution in [0.2, 0.25) is 0 Å². The van der Waals surface area contributed by atoms with Crippen molar-refractivity contribution in [1.29, 1.82) is 0 Å². The van der Waals surface area contributed by atoms with Crippen molar-refractivity contribution in [3.63, 3.8) is 0 Å². The van der Waals surface area contributed by atoms with Crippen molar-refractivity contribution in [2.75, 3.05) is 13.7 Å². The maximum atomic E-state index is 13.0. The Labute approximate surface area is 183 Å². The van der Waals surface area contributed by atoms with Crippen molar-refractivity contribution in [3.8, 4) is 23.8 Å². The Bertz CT molecular complexity index is 1010. The summed E-state index contributed by atoms with van der Waals surface area (Å²) in [4.78, 5) is 26.1. The molecule has 5 nitrogen and oxygen atoms in total. The van der Waals surface area contributed by atoms with Crippen LogP contribution in [0.1, 0.15) is 55.6 Å². The van der Waals surface area contributed by atoms with Gasteiger partial charge in [-0.25, -0.2) is 0 Å². The van der Waals surface area contributed by atoms with Gasteiger partial charge in [-0.1, -0.05) is 18.1 Å². The van der Waals surface area contributed by atoms with Gasteiger partial charge in [0.05, 0.1) is 7.11 Å². The fourth-order valence-corrected chi connectivity index (χ4v) is 4.90.